The second kappa shape index (κ2) is 8.17. The lowest BCUT2D eigenvalue weighted by molar-refractivity contribution is -0.122. The van der Waals surface area contributed by atoms with Gasteiger partial charge in [-0.15, -0.1) is 12.4 Å². The number of amides is 1. The summed E-state index contributed by atoms with van der Waals surface area (Å²) in [6.45, 7) is 0.727. The molecule has 1 aromatic heterocycles. The van der Waals surface area contributed by atoms with Crippen LogP contribution in [0.15, 0.2) is 18.5 Å². The highest BCUT2D eigenvalue weighted by atomic mass is 35.5. The van der Waals surface area contributed by atoms with Crippen LogP contribution in [0.3, 0.4) is 0 Å². The van der Waals surface area contributed by atoms with E-state index in [1.807, 2.05) is 24.0 Å². The van der Waals surface area contributed by atoms with E-state index >= 15 is 0 Å². The molecule has 1 aliphatic rings. The Morgan fingerprint density at radius 3 is 2.89 bits per heavy atom. The van der Waals surface area contributed by atoms with Gasteiger partial charge in [0.2, 0.25) is 5.91 Å². The van der Waals surface area contributed by atoms with E-state index in [0.717, 1.165) is 19.4 Å². The second-order valence-corrected chi connectivity index (χ2v) is 4.87. The predicted molar refractivity (Wildman–Crippen MR) is 77.5 cm³/mol. The Kier molecular flexibility index (Phi) is 6.87. The molecule has 1 aliphatic carbocycles. The third kappa shape index (κ3) is 4.51. The molecule has 0 aliphatic heterocycles. The second-order valence-electron chi connectivity index (χ2n) is 4.87. The Morgan fingerprint density at radius 1 is 1.42 bits per heavy atom. The van der Waals surface area contributed by atoms with Gasteiger partial charge < -0.3 is 10.6 Å². The van der Waals surface area contributed by atoms with Crippen molar-refractivity contribution in [2.45, 2.75) is 44.2 Å². The summed E-state index contributed by atoms with van der Waals surface area (Å²) < 4.78 is 1.99. The number of nitrogens with zero attached hydrogens (tertiary/aromatic N) is 2. The zero-order valence-electron chi connectivity index (χ0n) is 11.3. The molecule has 1 heterocycles. The van der Waals surface area contributed by atoms with Crippen LogP contribution in [0.5, 0.6) is 0 Å². The van der Waals surface area contributed by atoms with Crippen LogP contribution in [-0.2, 0) is 4.79 Å². The molecule has 0 bridgehead atoms. The Bertz CT molecular complexity index is 369. The molecule has 1 aromatic rings. The zero-order valence-corrected chi connectivity index (χ0v) is 12.2. The maximum Gasteiger partial charge on any atom is 0.221 e. The van der Waals surface area contributed by atoms with Crippen LogP contribution in [0, 0.1) is 0 Å². The van der Waals surface area contributed by atoms with Crippen LogP contribution in [0.2, 0.25) is 0 Å². The Hall–Kier alpha value is -1.07. The number of hydrogen-bond donors (Lipinski definition) is 2. The molecule has 0 spiro atoms. The fourth-order valence-corrected chi connectivity index (χ4v) is 2.59. The summed E-state index contributed by atoms with van der Waals surface area (Å²) in [5, 5.41) is 10.5. The van der Waals surface area contributed by atoms with Gasteiger partial charge in [0.25, 0.3) is 0 Å². The molecule has 1 fully saturated rings. The van der Waals surface area contributed by atoms with Gasteiger partial charge >= 0.3 is 0 Å². The molecule has 2 atom stereocenters. The van der Waals surface area contributed by atoms with Crippen LogP contribution in [0.4, 0.5) is 0 Å². The van der Waals surface area contributed by atoms with Crippen molar-refractivity contribution in [2.24, 2.45) is 0 Å². The molecule has 2 rings (SSSR count). The number of rotatable bonds is 5. The minimum Gasteiger partial charge on any atom is -0.351 e. The fourth-order valence-electron chi connectivity index (χ4n) is 2.59. The van der Waals surface area contributed by atoms with E-state index in [9.17, 15) is 4.79 Å². The molecule has 2 N–H and O–H groups in total. The topological polar surface area (TPSA) is 59.0 Å². The van der Waals surface area contributed by atoms with Gasteiger partial charge in [-0.25, -0.2) is 0 Å². The minimum absolute atomic E-state index is 0. The van der Waals surface area contributed by atoms with Crippen molar-refractivity contribution in [3.8, 4) is 0 Å². The Labute approximate surface area is 120 Å². The molecular formula is C13H23ClN4O. The molecule has 108 valence electrons. The summed E-state index contributed by atoms with van der Waals surface area (Å²) in [4.78, 5) is 11.8. The lowest BCUT2D eigenvalue weighted by Crippen LogP contribution is -2.43. The average Bonchev–Trinajstić information content (AvgIpc) is 2.91. The lowest BCUT2D eigenvalue weighted by atomic mass is 9.90. The van der Waals surface area contributed by atoms with Crippen LogP contribution in [0.1, 0.15) is 38.1 Å². The summed E-state index contributed by atoms with van der Waals surface area (Å²) in [6.07, 6.45) is 8.88. The summed E-state index contributed by atoms with van der Waals surface area (Å²) in [5.74, 6) is 0.133. The molecule has 1 amide bonds. The van der Waals surface area contributed by atoms with Gasteiger partial charge in [0, 0.05) is 25.4 Å². The molecule has 0 saturated heterocycles. The number of carbonyl (C=O) groups is 1. The third-order valence-electron chi connectivity index (χ3n) is 3.54. The smallest absolute Gasteiger partial charge is 0.221 e. The van der Waals surface area contributed by atoms with Crippen molar-refractivity contribution in [3.05, 3.63) is 18.5 Å². The van der Waals surface area contributed by atoms with Crippen molar-refractivity contribution >= 4 is 18.3 Å². The van der Waals surface area contributed by atoms with Gasteiger partial charge in [-0.05, 0) is 26.0 Å². The van der Waals surface area contributed by atoms with Gasteiger partial charge in [0.1, 0.15) is 0 Å². The fraction of sp³-hybridized carbons (Fsp3) is 0.692. The first kappa shape index (κ1) is 16.0. The van der Waals surface area contributed by atoms with Crippen molar-refractivity contribution in [1.82, 2.24) is 20.4 Å². The number of hydrogen-bond acceptors (Lipinski definition) is 3. The lowest BCUT2D eigenvalue weighted by Gasteiger charge is -2.32. The molecule has 1 saturated carbocycles. The molecule has 19 heavy (non-hydrogen) atoms. The van der Waals surface area contributed by atoms with Crippen LogP contribution in [-0.4, -0.2) is 35.3 Å². The first-order valence-electron chi connectivity index (χ1n) is 6.74. The van der Waals surface area contributed by atoms with E-state index in [4.69, 9.17) is 0 Å². The highest BCUT2D eigenvalue weighted by Gasteiger charge is 2.27. The monoisotopic (exact) mass is 286 g/mol. The number of nitrogens with one attached hydrogen (secondary N) is 2. The Balaban J connectivity index is 0.00000180. The van der Waals surface area contributed by atoms with E-state index in [0.29, 0.717) is 12.5 Å². The van der Waals surface area contributed by atoms with Gasteiger partial charge in [-0.3, -0.25) is 9.48 Å². The first-order chi connectivity index (χ1) is 8.81. The standard InChI is InChI=1S/C13H22N4O.ClH/c1-14-9-7-13(18)16-11-5-2-3-6-12(11)17-10-4-8-15-17;/h4,8,10-12,14H,2-3,5-7,9H2,1H3,(H,16,18);1H. The quantitative estimate of drug-likeness (QED) is 0.863. The van der Waals surface area contributed by atoms with Crippen molar-refractivity contribution in [2.75, 3.05) is 13.6 Å². The van der Waals surface area contributed by atoms with Crippen LogP contribution >= 0.6 is 12.4 Å². The molecule has 6 heteroatoms. The largest absolute Gasteiger partial charge is 0.351 e. The molecular weight excluding hydrogens is 264 g/mol. The highest BCUT2D eigenvalue weighted by Crippen LogP contribution is 2.28. The van der Waals surface area contributed by atoms with E-state index in [-0.39, 0.29) is 24.4 Å². The van der Waals surface area contributed by atoms with Crippen LogP contribution < -0.4 is 10.6 Å². The van der Waals surface area contributed by atoms with Crippen molar-refractivity contribution in [1.29, 1.82) is 0 Å². The van der Waals surface area contributed by atoms with E-state index in [1.165, 1.54) is 12.8 Å². The normalized spacial score (nSPS) is 22.6. The summed E-state index contributed by atoms with van der Waals surface area (Å²) in [5.41, 5.74) is 0. The van der Waals surface area contributed by atoms with Gasteiger partial charge in [-0.2, -0.15) is 5.10 Å². The average molecular weight is 287 g/mol. The maximum atomic E-state index is 11.8. The highest BCUT2D eigenvalue weighted by molar-refractivity contribution is 5.85. The summed E-state index contributed by atoms with van der Waals surface area (Å²) in [6, 6.07) is 2.48. The van der Waals surface area contributed by atoms with E-state index < -0.39 is 0 Å². The van der Waals surface area contributed by atoms with Gasteiger partial charge in [-0.1, -0.05) is 12.8 Å². The Morgan fingerprint density at radius 2 is 2.21 bits per heavy atom. The maximum absolute atomic E-state index is 11.8. The minimum atomic E-state index is 0. The SMILES string of the molecule is CNCCC(=O)NC1CCCCC1n1cccn1.Cl. The molecule has 2 unspecified atom stereocenters. The van der Waals surface area contributed by atoms with Crippen molar-refractivity contribution < 1.29 is 4.79 Å². The first-order valence-corrected chi connectivity index (χ1v) is 6.74. The summed E-state index contributed by atoms with van der Waals surface area (Å²) >= 11 is 0. The molecule has 5 nitrogen and oxygen atoms in total. The molecule has 0 aromatic carbocycles. The van der Waals surface area contributed by atoms with Gasteiger partial charge in [0.05, 0.1) is 12.1 Å². The van der Waals surface area contributed by atoms with E-state index in [1.54, 1.807) is 6.20 Å². The number of carbonyl (C=O) groups excluding carboxylic acids is 1. The van der Waals surface area contributed by atoms with Crippen molar-refractivity contribution in [3.63, 3.8) is 0 Å². The third-order valence-corrected chi connectivity index (χ3v) is 3.54. The van der Waals surface area contributed by atoms with E-state index in [2.05, 4.69) is 15.7 Å². The predicted octanol–water partition coefficient (Wildman–Crippen LogP) is 1.51. The summed E-state index contributed by atoms with van der Waals surface area (Å²) in [7, 11) is 1.86. The molecule has 0 radical (unpaired) electrons. The van der Waals surface area contributed by atoms with Crippen LogP contribution in [0.25, 0.3) is 0 Å². The zero-order chi connectivity index (χ0) is 12.8. The number of aromatic nitrogens is 2. The number of halogens is 1. The van der Waals surface area contributed by atoms with Gasteiger partial charge in [0.15, 0.2) is 0 Å².